The van der Waals surface area contributed by atoms with E-state index in [1.54, 1.807) is 0 Å². The second kappa shape index (κ2) is 6.12. The van der Waals surface area contributed by atoms with E-state index >= 15 is 0 Å². The zero-order valence-electron chi connectivity index (χ0n) is 14.3. The Balaban J connectivity index is 1.93. The molecule has 0 N–H and O–H groups in total. The summed E-state index contributed by atoms with van der Waals surface area (Å²) >= 11 is 0. The summed E-state index contributed by atoms with van der Waals surface area (Å²) in [7, 11) is 0. The fourth-order valence-electron chi connectivity index (χ4n) is 3.73. The zero-order chi connectivity index (χ0) is 17.3. The molecule has 2 heterocycles. The lowest BCUT2D eigenvalue weighted by Crippen LogP contribution is -2.23. The average Bonchev–Trinajstić information content (AvgIpc) is 2.74. The lowest BCUT2D eigenvalue weighted by molar-refractivity contribution is -0.481. The number of benzene rings is 3. The predicted molar refractivity (Wildman–Crippen MR) is 108 cm³/mol. The number of fused-ring (bicyclic) bond motifs is 3. The molecule has 0 fully saturated rings. The zero-order valence-corrected chi connectivity index (χ0v) is 14.3. The number of hydrogen-bond acceptors (Lipinski definition) is 0. The van der Waals surface area contributed by atoms with Crippen molar-refractivity contribution in [1.29, 1.82) is 0 Å². The van der Waals surface area contributed by atoms with Crippen LogP contribution in [-0.2, 0) is 0 Å². The van der Waals surface area contributed by atoms with Crippen molar-refractivity contribution in [1.82, 2.24) is 0 Å². The number of nitrogens with zero attached hydrogens (tertiary/aromatic N) is 1. The molecule has 0 saturated heterocycles. The van der Waals surface area contributed by atoms with Crippen LogP contribution in [0.4, 0.5) is 0 Å². The molecule has 5 rings (SSSR count). The van der Waals surface area contributed by atoms with Gasteiger partial charge in [-0.05, 0) is 23.3 Å². The van der Waals surface area contributed by atoms with E-state index in [1.807, 2.05) is 0 Å². The van der Waals surface area contributed by atoms with Gasteiger partial charge in [-0.1, -0.05) is 72.8 Å². The molecule has 1 nitrogen and oxygen atoms in total. The Hall–Kier alpha value is -3.45. The first kappa shape index (κ1) is 14.9. The molecule has 2 aromatic heterocycles. The summed E-state index contributed by atoms with van der Waals surface area (Å²) < 4.78 is 2.30. The number of hydrogen-bond donors (Lipinski definition) is 0. The number of rotatable bonds is 2. The van der Waals surface area contributed by atoms with Crippen LogP contribution in [0.5, 0.6) is 0 Å². The Morgan fingerprint density at radius 2 is 1.12 bits per heavy atom. The normalized spacial score (nSPS) is 11.1. The van der Waals surface area contributed by atoms with Crippen LogP contribution >= 0.6 is 0 Å². The largest absolute Gasteiger partial charge is 0.219 e. The van der Waals surface area contributed by atoms with Crippen molar-refractivity contribution < 1.29 is 4.40 Å². The van der Waals surface area contributed by atoms with Gasteiger partial charge in [0.2, 0.25) is 11.0 Å². The van der Waals surface area contributed by atoms with E-state index in [4.69, 9.17) is 0 Å². The van der Waals surface area contributed by atoms with Crippen molar-refractivity contribution in [2.45, 2.75) is 0 Å². The minimum atomic E-state index is 1.22. The fraction of sp³-hybridized carbons (Fsp3) is 0. The standard InChI is InChI=1S/C25H18N/c1-3-9-19(10-4-1)22-17-18-26-23-14-8-7-11-20(23)15-16-24(26)25(22)21-12-5-2-6-13-21/h1-18H/q+1. The lowest BCUT2D eigenvalue weighted by atomic mass is 9.94. The summed E-state index contributed by atoms with van der Waals surface area (Å²) in [5, 5.41) is 1.25. The van der Waals surface area contributed by atoms with Gasteiger partial charge in [0.05, 0.1) is 5.56 Å². The maximum atomic E-state index is 2.30. The Kier molecular flexibility index (Phi) is 3.50. The minimum absolute atomic E-state index is 1.22. The number of aromatic nitrogens is 1. The van der Waals surface area contributed by atoms with Gasteiger partial charge in [0.1, 0.15) is 0 Å². The van der Waals surface area contributed by atoms with Gasteiger partial charge < -0.3 is 0 Å². The Morgan fingerprint density at radius 1 is 0.462 bits per heavy atom. The summed E-state index contributed by atoms with van der Waals surface area (Å²) in [6, 6.07) is 36.5. The maximum Gasteiger partial charge on any atom is 0.219 e. The van der Waals surface area contributed by atoms with E-state index in [0.29, 0.717) is 0 Å². The Morgan fingerprint density at radius 3 is 1.88 bits per heavy atom. The highest BCUT2D eigenvalue weighted by Gasteiger charge is 2.18. The van der Waals surface area contributed by atoms with Gasteiger partial charge in [-0.15, -0.1) is 0 Å². The highest BCUT2D eigenvalue weighted by atomic mass is 14.9. The van der Waals surface area contributed by atoms with Gasteiger partial charge in [-0.25, -0.2) is 0 Å². The molecular weight excluding hydrogens is 314 g/mol. The van der Waals surface area contributed by atoms with Crippen molar-refractivity contribution in [2.75, 3.05) is 0 Å². The molecule has 5 aromatic rings. The van der Waals surface area contributed by atoms with E-state index in [1.165, 1.54) is 38.7 Å². The topological polar surface area (TPSA) is 4.10 Å². The van der Waals surface area contributed by atoms with E-state index < -0.39 is 0 Å². The maximum absolute atomic E-state index is 2.30. The van der Waals surface area contributed by atoms with E-state index in [0.717, 1.165) is 0 Å². The van der Waals surface area contributed by atoms with E-state index in [2.05, 4.69) is 114 Å². The SMILES string of the molecule is c1ccc(-c2cc[n+]3c(ccc4ccccc43)c2-c2ccccc2)cc1. The summed E-state index contributed by atoms with van der Waals surface area (Å²) in [5.74, 6) is 0. The molecule has 122 valence electrons. The smallest absolute Gasteiger partial charge is 0.159 e. The molecule has 1 heteroatoms. The molecule has 0 aliphatic heterocycles. The monoisotopic (exact) mass is 332 g/mol. The van der Waals surface area contributed by atoms with Crippen LogP contribution < -0.4 is 4.40 Å². The second-order valence-corrected chi connectivity index (χ2v) is 6.48. The highest BCUT2D eigenvalue weighted by Crippen LogP contribution is 2.34. The van der Waals surface area contributed by atoms with Gasteiger partial charge in [-0.2, -0.15) is 4.40 Å². The van der Waals surface area contributed by atoms with Crippen molar-refractivity contribution in [3.8, 4) is 22.3 Å². The molecule has 0 spiro atoms. The fourth-order valence-corrected chi connectivity index (χ4v) is 3.73. The highest BCUT2D eigenvalue weighted by molar-refractivity contribution is 5.93. The third-order valence-electron chi connectivity index (χ3n) is 4.94. The molecule has 0 aliphatic rings. The first-order valence-corrected chi connectivity index (χ1v) is 8.89. The van der Waals surface area contributed by atoms with Gasteiger partial charge in [0, 0.05) is 29.1 Å². The van der Waals surface area contributed by atoms with E-state index in [-0.39, 0.29) is 0 Å². The van der Waals surface area contributed by atoms with Crippen LogP contribution in [0, 0.1) is 0 Å². The van der Waals surface area contributed by atoms with Crippen LogP contribution in [0.3, 0.4) is 0 Å². The van der Waals surface area contributed by atoms with Gasteiger partial charge in [0.15, 0.2) is 6.20 Å². The summed E-state index contributed by atoms with van der Waals surface area (Å²) in [5.41, 5.74) is 7.44. The predicted octanol–water partition coefficient (Wildman–Crippen LogP) is 5.91. The Bertz CT molecular complexity index is 1210. The van der Waals surface area contributed by atoms with E-state index in [9.17, 15) is 0 Å². The third-order valence-corrected chi connectivity index (χ3v) is 4.94. The molecule has 0 radical (unpaired) electrons. The quantitative estimate of drug-likeness (QED) is 0.279. The van der Waals surface area contributed by atoms with Crippen molar-refractivity contribution in [3.05, 3.63) is 109 Å². The lowest BCUT2D eigenvalue weighted by Gasteiger charge is -2.11. The number of pyridine rings is 2. The molecule has 26 heavy (non-hydrogen) atoms. The van der Waals surface area contributed by atoms with Crippen LogP contribution in [-0.4, -0.2) is 0 Å². The summed E-state index contributed by atoms with van der Waals surface area (Å²) in [4.78, 5) is 0. The van der Waals surface area contributed by atoms with Gasteiger partial charge in [-0.3, -0.25) is 0 Å². The van der Waals surface area contributed by atoms with Crippen molar-refractivity contribution >= 4 is 16.4 Å². The van der Waals surface area contributed by atoms with Crippen molar-refractivity contribution in [2.24, 2.45) is 0 Å². The van der Waals surface area contributed by atoms with Gasteiger partial charge in [0.25, 0.3) is 0 Å². The molecule has 0 bridgehead atoms. The van der Waals surface area contributed by atoms with Crippen LogP contribution in [0.1, 0.15) is 0 Å². The van der Waals surface area contributed by atoms with Gasteiger partial charge >= 0.3 is 0 Å². The molecule has 0 atom stereocenters. The molecule has 0 aliphatic carbocycles. The van der Waals surface area contributed by atoms with Crippen LogP contribution in [0.25, 0.3) is 38.7 Å². The number of para-hydroxylation sites is 1. The van der Waals surface area contributed by atoms with Crippen LogP contribution in [0.2, 0.25) is 0 Å². The first-order chi connectivity index (χ1) is 12.9. The molecule has 0 saturated carbocycles. The average molecular weight is 332 g/mol. The minimum Gasteiger partial charge on any atom is -0.159 e. The van der Waals surface area contributed by atoms with Crippen LogP contribution in [0.15, 0.2) is 109 Å². The Labute approximate surface area is 152 Å². The summed E-state index contributed by atoms with van der Waals surface area (Å²) in [6.45, 7) is 0. The molecule has 3 aromatic carbocycles. The second-order valence-electron chi connectivity index (χ2n) is 6.48. The first-order valence-electron chi connectivity index (χ1n) is 8.89. The summed E-state index contributed by atoms with van der Waals surface area (Å²) in [6.07, 6.45) is 2.19. The third kappa shape index (κ3) is 2.37. The molecule has 0 unspecified atom stereocenters. The van der Waals surface area contributed by atoms with Crippen molar-refractivity contribution in [3.63, 3.8) is 0 Å². The molecule has 0 amide bonds. The molecular formula is C25H18N+.